The van der Waals surface area contributed by atoms with E-state index < -0.39 is 10.0 Å². The lowest BCUT2D eigenvalue weighted by atomic mass is 9.88. The van der Waals surface area contributed by atoms with Crippen LogP contribution in [0.1, 0.15) is 29.0 Å². The lowest BCUT2D eigenvalue weighted by Gasteiger charge is -2.35. The van der Waals surface area contributed by atoms with Crippen molar-refractivity contribution in [1.29, 1.82) is 0 Å². The number of nitrogens with zero attached hydrogens (tertiary/aromatic N) is 2. The van der Waals surface area contributed by atoms with Gasteiger partial charge in [0.05, 0.1) is 5.75 Å². The van der Waals surface area contributed by atoms with Gasteiger partial charge in [-0.15, -0.1) is 0 Å². The van der Waals surface area contributed by atoms with Gasteiger partial charge in [-0.25, -0.2) is 8.42 Å². The maximum atomic E-state index is 12.9. The first kappa shape index (κ1) is 24.9. The van der Waals surface area contributed by atoms with Crippen molar-refractivity contribution in [1.82, 2.24) is 9.62 Å². The third-order valence-corrected chi connectivity index (χ3v) is 8.35. The number of hydrogen-bond donors (Lipinski definition) is 1. The second-order valence-electron chi connectivity index (χ2n) is 8.97. The summed E-state index contributed by atoms with van der Waals surface area (Å²) < 4.78 is 27.3. The third kappa shape index (κ3) is 6.71. The molecule has 1 saturated heterocycles. The molecule has 0 radical (unpaired) electrons. The van der Waals surface area contributed by atoms with Crippen LogP contribution in [0.3, 0.4) is 0 Å². The van der Waals surface area contributed by atoms with Crippen LogP contribution in [-0.4, -0.2) is 57.1 Å². The third-order valence-electron chi connectivity index (χ3n) is 6.47. The summed E-state index contributed by atoms with van der Waals surface area (Å²) in [7, 11) is -3.43. The number of nitrogens with one attached hydrogen (secondary N) is 1. The summed E-state index contributed by atoms with van der Waals surface area (Å²) >= 11 is 0. The summed E-state index contributed by atoms with van der Waals surface area (Å²) in [5, 5.41) is 2.83. The van der Waals surface area contributed by atoms with Gasteiger partial charge >= 0.3 is 0 Å². The normalized spacial score (nSPS) is 14.7. The molecule has 6 nitrogen and oxygen atoms in total. The average molecular weight is 492 g/mol. The quantitative estimate of drug-likeness (QED) is 0.495. The van der Waals surface area contributed by atoms with Gasteiger partial charge in [0.2, 0.25) is 15.9 Å². The molecule has 1 amide bonds. The van der Waals surface area contributed by atoms with Crippen molar-refractivity contribution in [2.75, 3.05) is 43.4 Å². The largest absolute Gasteiger partial charge is 0.369 e. The van der Waals surface area contributed by atoms with Crippen molar-refractivity contribution >= 4 is 21.6 Å². The summed E-state index contributed by atoms with van der Waals surface area (Å²) in [6, 6.07) is 28.1. The Balaban J connectivity index is 1.29. The molecule has 35 heavy (non-hydrogen) atoms. The molecule has 1 fully saturated rings. The molecule has 1 aliphatic heterocycles. The molecule has 0 atom stereocenters. The van der Waals surface area contributed by atoms with E-state index in [4.69, 9.17) is 0 Å². The topological polar surface area (TPSA) is 69.7 Å². The van der Waals surface area contributed by atoms with E-state index in [-0.39, 0.29) is 30.5 Å². The van der Waals surface area contributed by atoms with E-state index in [0.717, 1.165) is 16.8 Å². The Morgan fingerprint density at radius 3 is 2.03 bits per heavy atom. The predicted octanol–water partition coefficient (Wildman–Crippen LogP) is 3.79. The van der Waals surface area contributed by atoms with E-state index in [1.54, 1.807) is 4.31 Å². The molecule has 7 heteroatoms. The molecule has 0 saturated carbocycles. The number of carbonyl (C=O) groups is 1. The Bertz CT molecular complexity index is 1170. The summed E-state index contributed by atoms with van der Waals surface area (Å²) in [6.45, 7) is 4.38. The van der Waals surface area contributed by atoms with E-state index in [2.05, 4.69) is 35.3 Å². The number of aryl methyl sites for hydroxylation is 1. The molecule has 4 rings (SSSR count). The van der Waals surface area contributed by atoms with E-state index in [1.807, 2.05) is 66.7 Å². The van der Waals surface area contributed by atoms with E-state index in [1.165, 1.54) is 5.56 Å². The second kappa shape index (κ2) is 11.5. The summed E-state index contributed by atoms with van der Waals surface area (Å²) in [6.07, 6.45) is 0.267. The van der Waals surface area contributed by atoms with Crippen molar-refractivity contribution in [3.63, 3.8) is 0 Å². The van der Waals surface area contributed by atoms with Crippen molar-refractivity contribution in [3.8, 4) is 0 Å². The van der Waals surface area contributed by atoms with Crippen molar-refractivity contribution < 1.29 is 13.2 Å². The van der Waals surface area contributed by atoms with Crippen LogP contribution < -0.4 is 10.2 Å². The van der Waals surface area contributed by atoms with E-state index in [9.17, 15) is 13.2 Å². The van der Waals surface area contributed by atoms with Crippen molar-refractivity contribution in [2.24, 2.45) is 0 Å². The highest BCUT2D eigenvalue weighted by atomic mass is 32.2. The average Bonchev–Trinajstić information content (AvgIpc) is 2.88. The zero-order chi connectivity index (χ0) is 24.7. The number of hydrogen-bond acceptors (Lipinski definition) is 4. The molecule has 3 aromatic carbocycles. The number of carbonyl (C=O) groups excluding carboxylic acids is 1. The fourth-order valence-corrected chi connectivity index (χ4v) is 5.89. The Kier molecular flexibility index (Phi) is 8.21. The summed E-state index contributed by atoms with van der Waals surface area (Å²) in [4.78, 5) is 15.0. The first-order chi connectivity index (χ1) is 16.9. The molecule has 1 N–H and O–H groups in total. The highest BCUT2D eigenvalue weighted by Gasteiger charge is 2.27. The number of amides is 1. The van der Waals surface area contributed by atoms with Gasteiger partial charge in [0.15, 0.2) is 0 Å². The maximum absolute atomic E-state index is 12.9. The predicted molar refractivity (Wildman–Crippen MR) is 141 cm³/mol. The molecule has 0 bridgehead atoms. The van der Waals surface area contributed by atoms with Gasteiger partial charge in [0, 0.05) is 50.7 Å². The first-order valence-corrected chi connectivity index (χ1v) is 13.7. The molecule has 184 valence electrons. The summed E-state index contributed by atoms with van der Waals surface area (Å²) in [5.41, 5.74) is 4.44. The minimum absolute atomic E-state index is 0.0799. The summed E-state index contributed by atoms with van der Waals surface area (Å²) in [5.74, 6) is -0.323. The van der Waals surface area contributed by atoms with Gasteiger partial charge in [-0.3, -0.25) is 4.79 Å². The van der Waals surface area contributed by atoms with Gasteiger partial charge in [0.25, 0.3) is 0 Å². The zero-order valence-electron chi connectivity index (χ0n) is 20.1. The SMILES string of the molecule is Cc1cccc(N2CCN(S(=O)(=O)CCNC(=O)CC(c3ccccc3)c3ccccc3)CC2)c1. The number of rotatable bonds is 9. The van der Waals surface area contributed by atoms with Crippen LogP contribution in [0.4, 0.5) is 5.69 Å². The molecule has 1 heterocycles. The van der Waals surface area contributed by atoms with Crippen LogP contribution in [0.2, 0.25) is 0 Å². The molecule has 0 aromatic heterocycles. The molecule has 0 aliphatic carbocycles. The van der Waals surface area contributed by atoms with Crippen LogP contribution in [0.5, 0.6) is 0 Å². The van der Waals surface area contributed by atoms with E-state index in [0.29, 0.717) is 26.2 Å². The fraction of sp³-hybridized carbons (Fsp3) is 0.321. The molecular weight excluding hydrogens is 458 g/mol. The van der Waals surface area contributed by atoms with Gasteiger partial charge in [-0.05, 0) is 35.7 Å². The van der Waals surface area contributed by atoms with Gasteiger partial charge in [0.1, 0.15) is 0 Å². The minimum Gasteiger partial charge on any atom is -0.369 e. The first-order valence-electron chi connectivity index (χ1n) is 12.1. The molecule has 0 spiro atoms. The number of benzene rings is 3. The highest BCUT2D eigenvalue weighted by molar-refractivity contribution is 7.89. The van der Waals surface area contributed by atoms with Crippen LogP contribution in [0.25, 0.3) is 0 Å². The molecule has 0 unspecified atom stereocenters. The van der Waals surface area contributed by atoms with Crippen LogP contribution in [-0.2, 0) is 14.8 Å². The van der Waals surface area contributed by atoms with E-state index >= 15 is 0 Å². The van der Waals surface area contributed by atoms with Crippen LogP contribution in [0.15, 0.2) is 84.9 Å². The Hall–Kier alpha value is -3.16. The number of piperazine rings is 1. The van der Waals surface area contributed by atoms with Gasteiger partial charge in [-0.2, -0.15) is 4.31 Å². The highest BCUT2D eigenvalue weighted by Crippen LogP contribution is 2.27. The lowest BCUT2D eigenvalue weighted by Crippen LogP contribution is -2.50. The molecular formula is C28H33N3O3S. The standard InChI is InChI=1S/C28H33N3O3S/c1-23-9-8-14-26(21-23)30-16-18-31(19-17-30)35(33,34)20-15-29-28(32)22-27(24-10-4-2-5-11-24)25-12-6-3-7-13-25/h2-14,21,27H,15-20,22H2,1H3,(H,29,32). The molecule has 1 aliphatic rings. The zero-order valence-corrected chi connectivity index (χ0v) is 21.0. The Morgan fingerprint density at radius 2 is 1.46 bits per heavy atom. The monoisotopic (exact) mass is 491 g/mol. The van der Waals surface area contributed by atoms with Crippen LogP contribution in [0, 0.1) is 6.92 Å². The molecule has 3 aromatic rings. The van der Waals surface area contributed by atoms with Gasteiger partial charge in [-0.1, -0.05) is 72.8 Å². The lowest BCUT2D eigenvalue weighted by molar-refractivity contribution is -0.121. The Labute approximate surface area is 208 Å². The van der Waals surface area contributed by atoms with Crippen LogP contribution >= 0.6 is 0 Å². The minimum atomic E-state index is -3.43. The van der Waals surface area contributed by atoms with Crippen molar-refractivity contribution in [3.05, 3.63) is 102 Å². The van der Waals surface area contributed by atoms with Gasteiger partial charge < -0.3 is 10.2 Å². The fourth-order valence-electron chi connectivity index (χ4n) is 4.55. The maximum Gasteiger partial charge on any atom is 0.220 e. The smallest absolute Gasteiger partial charge is 0.220 e. The van der Waals surface area contributed by atoms with Crippen molar-refractivity contribution in [2.45, 2.75) is 19.3 Å². The second-order valence-corrected chi connectivity index (χ2v) is 11.1. The number of sulfonamides is 1. The number of anilines is 1. The Morgan fingerprint density at radius 1 is 0.857 bits per heavy atom.